The molecule has 2 N–H and O–H groups in total. The minimum atomic E-state index is -3.13. The standard InChI is InChI=1S/C9H21N3O2S/c1-11-5-3-9(7-11)8-12(2)15(13,14)6-4-10/h9H,3-8,10H2,1-2H3. The van der Waals surface area contributed by atoms with Gasteiger partial charge >= 0.3 is 0 Å². The topological polar surface area (TPSA) is 66.6 Å². The Balaban J connectivity index is 2.45. The second-order valence-corrected chi connectivity index (χ2v) is 6.50. The first-order valence-corrected chi connectivity index (χ1v) is 6.89. The first-order valence-electron chi connectivity index (χ1n) is 5.28. The number of rotatable bonds is 5. The third kappa shape index (κ3) is 3.71. The van der Waals surface area contributed by atoms with Gasteiger partial charge in [0.05, 0.1) is 5.75 Å². The predicted molar refractivity (Wildman–Crippen MR) is 61.1 cm³/mol. The molecule has 0 saturated carbocycles. The molecular weight excluding hydrogens is 214 g/mol. The van der Waals surface area contributed by atoms with E-state index in [1.165, 1.54) is 4.31 Å². The number of likely N-dealkylation sites (tertiary alicyclic amines) is 1. The van der Waals surface area contributed by atoms with Crippen LogP contribution in [0.3, 0.4) is 0 Å². The molecule has 1 unspecified atom stereocenters. The Labute approximate surface area is 92.3 Å². The molecule has 0 aromatic heterocycles. The molecule has 1 aliphatic rings. The molecule has 0 aromatic rings. The van der Waals surface area contributed by atoms with Gasteiger partial charge in [-0.25, -0.2) is 12.7 Å². The van der Waals surface area contributed by atoms with Crippen molar-refractivity contribution in [3.63, 3.8) is 0 Å². The van der Waals surface area contributed by atoms with Crippen LogP contribution in [0.15, 0.2) is 0 Å². The third-order valence-corrected chi connectivity index (χ3v) is 4.71. The normalized spacial score (nSPS) is 23.9. The van der Waals surface area contributed by atoms with Gasteiger partial charge in [-0.15, -0.1) is 0 Å². The molecule has 0 aromatic carbocycles. The highest BCUT2D eigenvalue weighted by molar-refractivity contribution is 7.89. The van der Waals surface area contributed by atoms with Crippen LogP contribution in [-0.4, -0.2) is 63.7 Å². The Bertz CT molecular complexity index is 292. The van der Waals surface area contributed by atoms with Gasteiger partial charge in [0, 0.05) is 26.7 Å². The zero-order valence-corrected chi connectivity index (χ0v) is 10.3. The first-order chi connectivity index (χ1) is 6.95. The van der Waals surface area contributed by atoms with Gasteiger partial charge in [0.2, 0.25) is 10.0 Å². The fourth-order valence-electron chi connectivity index (χ4n) is 1.96. The van der Waals surface area contributed by atoms with Gasteiger partial charge in [-0.1, -0.05) is 0 Å². The summed E-state index contributed by atoms with van der Waals surface area (Å²) in [6.07, 6.45) is 1.08. The van der Waals surface area contributed by atoms with Gasteiger partial charge in [-0.3, -0.25) is 0 Å². The summed E-state index contributed by atoms with van der Waals surface area (Å²) in [4.78, 5) is 2.23. The lowest BCUT2D eigenvalue weighted by Crippen LogP contribution is -2.36. The van der Waals surface area contributed by atoms with E-state index in [9.17, 15) is 8.42 Å². The van der Waals surface area contributed by atoms with Gasteiger partial charge in [0.15, 0.2) is 0 Å². The quantitative estimate of drug-likeness (QED) is 0.674. The van der Waals surface area contributed by atoms with Crippen LogP contribution in [0.25, 0.3) is 0 Å². The molecule has 1 fully saturated rings. The summed E-state index contributed by atoms with van der Waals surface area (Å²) in [5.41, 5.74) is 5.27. The van der Waals surface area contributed by atoms with Crippen LogP contribution >= 0.6 is 0 Å². The zero-order chi connectivity index (χ0) is 11.5. The molecule has 0 radical (unpaired) electrons. The van der Waals surface area contributed by atoms with Crippen molar-refractivity contribution in [1.29, 1.82) is 0 Å². The Morgan fingerprint density at radius 3 is 2.67 bits per heavy atom. The highest BCUT2D eigenvalue weighted by Gasteiger charge is 2.25. The number of hydrogen-bond acceptors (Lipinski definition) is 4. The molecule has 0 spiro atoms. The Morgan fingerprint density at radius 1 is 1.53 bits per heavy atom. The van der Waals surface area contributed by atoms with Gasteiger partial charge in [0.1, 0.15) is 0 Å². The summed E-state index contributed by atoms with van der Waals surface area (Å²) in [6, 6.07) is 0. The maximum atomic E-state index is 11.6. The van der Waals surface area contributed by atoms with Crippen LogP contribution < -0.4 is 5.73 Å². The molecule has 0 bridgehead atoms. The molecule has 1 rings (SSSR count). The lowest BCUT2D eigenvalue weighted by Gasteiger charge is -2.20. The molecule has 15 heavy (non-hydrogen) atoms. The average molecular weight is 235 g/mol. The monoisotopic (exact) mass is 235 g/mol. The van der Waals surface area contributed by atoms with Gasteiger partial charge in [-0.05, 0) is 25.9 Å². The van der Waals surface area contributed by atoms with Crippen molar-refractivity contribution >= 4 is 10.0 Å². The minimum absolute atomic E-state index is 0.0477. The molecule has 1 saturated heterocycles. The Kier molecular flexibility index (Phi) is 4.51. The van der Waals surface area contributed by atoms with E-state index < -0.39 is 10.0 Å². The first kappa shape index (κ1) is 12.9. The van der Waals surface area contributed by atoms with Gasteiger partial charge < -0.3 is 10.6 Å². The van der Waals surface area contributed by atoms with E-state index in [0.717, 1.165) is 19.5 Å². The van der Waals surface area contributed by atoms with Crippen molar-refractivity contribution in [2.24, 2.45) is 11.7 Å². The van der Waals surface area contributed by atoms with Crippen LogP contribution in [0.4, 0.5) is 0 Å². The number of nitrogens with two attached hydrogens (primary N) is 1. The molecule has 0 amide bonds. The second kappa shape index (κ2) is 5.25. The maximum Gasteiger partial charge on any atom is 0.215 e. The van der Waals surface area contributed by atoms with Crippen molar-refractivity contribution in [2.45, 2.75) is 6.42 Å². The van der Waals surface area contributed by atoms with Crippen molar-refractivity contribution in [2.75, 3.05) is 46.0 Å². The van der Waals surface area contributed by atoms with Crippen molar-refractivity contribution in [3.05, 3.63) is 0 Å². The van der Waals surface area contributed by atoms with Gasteiger partial charge in [-0.2, -0.15) is 0 Å². The van der Waals surface area contributed by atoms with Crippen LogP contribution in [0.5, 0.6) is 0 Å². The summed E-state index contributed by atoms with van der Waals surface area (Å²) in [7, 11) is 0.581. The van der Waals surface area contributed by atoms with E-state index >= 15 is 0 Å². The molecular formula is C9H21N3O2S. The molecule has 5 nitrogen and oxygen atoms in total. The van der Waals surface area contributed by atoms with E-state index in [0.29, 0.717) is 12.5 Å². The summed E-state index contributed by atoms with van der Waals surface area (Å²) < 4.78 is 24.7. The Morgan fingerprint density at radius 2 is 2.20 bits per heavy atom. The van der Waals surface area contributed by atoms with Crippen molar-refractivity contribution in [1.82, 2.24) is 9.21 Å². The van der Waals surface area contributed by atoms with Crippen LogP contribution in [0.2, 0.25) is 0 Å². The smallest absolute Gasteiger partial charge is 0.215 e. The van der Waals surface area contributed by atoms with E-state index in [2.05, 4.69) is 11.9 Å². The fraction of sp³-hybridized carbons (Fsp3) is 1.00. The van der Waals surface area contributed by atoms with Crippen LogP contribution in [0.1, 0.15) is 6.42 Å². The Hall–Kier alpha value is -0.170. The second-order valence-electron chi connectivity index (χ2n) is 4.30. The van der Waals surface area contributed by atoms with Crippen molar-refractivity contribution in [3.8, 4) is 0 Å². The molecule has 1 atom stereocenters. The van der Waals surface area contributed by atoms with E-state index in [1.807, 2.05) is 0 Å². The zero-order valence-electron chi connectivity index (χ0n) is 9.52. The summed E-state index contributed by atoms with van der Waals surface area (Å²) in [5.74, 6) is 0.513. The lowest BCUT2D eigenvalue weighted by molar-refractivity contribution is 0.357. The molecule has 90 valence electrons. The average Bonchev–Trinajstić information content (AvgIpc) is 2.51. The fourth-order valence-corrected chi connectivity index (χ4v) is 3.00. The maximum absolute atomic E-state index is 11.6. The SMILES string of the molecule is CN1CCC(CN(C)S(=O)(=O)CCN)C1. The number of sulfonamides is 1. The highest BCUT2D eigenvalue weighted by Crippen LogP contribution is 2.16. The van der Waals surface area contributed by atoms with Crippen molar-refractivity contribution < 1.29 is 8.42 Å². The van der Waals surface area contributed by atoms with E-state index in [-0.39, 0.29) is 12.3 Å². The molecule has 6 heteroatoms. The number of nitrogens with zero attached hydrogens (tertiary/aromatic N) is 2. The molecule has 1 heterocycles. The highest BCUT2D eigenvalue weighted by atomic mass is 32.2. The van der Waals surface area contributed by atoms with Crippen LogP contribution in [0, 0.1) is 5.92 Å². The van der Waals surface area contributed by atoms with E-state index in [1.54, 1.807) is 7.05 Å². The lowest BCUT2D eigenvalue weighted by atomic mass is 10.1. The summed E-state index contributed by atoms with van der Waals surface area (Å²) >= 11 is 0. The van der Waals surface area contributed by atoms with Crippen LogP contribution in [-0.2, 0) is 10.0 Å². The third-order valence-electron chi connectivity index (χ3n) is 2.85. The van der Waals surface area contributed by atoms with Gasteiger partial charge in [0.25, 0.3) is 0 Å². The summed E-state index contributed by atoms with van der Waals surface area (Å²) in [5, 5.41) is 0. The number of hydrogen-bond donors (Lipinski definition) is 1. The summed E-state index contributed by atoms with van der Waals surface area (Å²) in [6.45, 7) is 2.86. The minimum Gasteiger partial charge on any atom is -0.329 e. The predicted octanol–water partition coefficient (Wildman–Crippen LogP) is -0.842. The largest absolute Gasteiger partial charge is 0.329 e. The van der Waals surface area contributed by atoms with E-state index in [4.69, 9.17) is 5.73 Å². The molecule has 0 aliphatic carbocycles. The molecule has 1 aliphatic heterocycles.